The lowest BCUT2D eigenvalue weighted by molar-refractivity contribution is -0.116. The zero-order valence-corrected chi connectivity index (χ0v) is 12.2. The number of hydrogen-bond acceptors (Lipinski definition) is 4. The smallest absolute Gasteiger partial charge is 0.407 e. The SMILES string of the molecule is CCOC(=O)NCCC(=O)Nc1ccc(SC(F)F)cc1. The molecule has 0 radical (unpaired) electrons. The molecule has 0 aromatic heterocycles. The Kier molecular flexibility index (Phi) is 7.52. The van der Waals surface area contributed by atoms with Crippen LogP contribution in [0, 0.1) is 0 Å². The average molecular weight is 318 g/mol. The summed E-state index contributed by atoms with van der Waals surface area (Å²) < 4.78 is 28.9. The molecule has 2 N–H and O–H groups in total. The number of alkyl halides is 2. The minimum atomic E-state index is -2.47. The molecule has 2 amide bonds. The molecule has 0 aliphatic rings. The van der Waals surface area contributed by atoms with Crippen LogP contribution in [0.15, 0.2) is 29.2 Å². The topological polar surface area (TPSA) is 67.4 Å². The summed E-state index contributed by atoms with van der Waals surface area (Å²) in [5.74, 6) is -2.76. The molecule has 0 unspecified atom stereocenters. The van der Waals surface area contributed by atoms with E-state index < -0.39 is 11.9 Å². The molecule has 0 fully saturated rings. The molecule has 116 valence electrons. The van der Waals surface area contributed by atoms with Crippen LogP contribution in [0.2, 0.25) is 0 Å². The second-order valence-corrected chi connectivity index (χ2v) is 4.91. The Labute approximate surface area is 125 Å². The Bertz CT molecular complexity index is 469. The molecular formula is C13H16F2N2O3S. The molecule has 0 heterocycles. The van der Waals surface area contributed by atoms with Crippen LogP contribution in [0.4, 0.5) is 19.3 Å². The number of alkyl carbamates (subject to hydrolysis) is 1. The lowest BCUT2D eigenvalue weighted by atomic mass is 10.3. The summed E-state index contributed by atoms with van der Waals surface area (Å²) in [7, 11) is 0. The zero-order valence-electron chi connectivity index (χ0n) is 11.4. The Morgan fingerprint density at radius 3 is 2.52 bits per heavy atom. The number of ether oxygens (including phenoxy) is 1. The van der Waals surface area contributed by atoms with Crippen molar-refractivity contribution in [3.63, 3.8) is 0 Å². The normalized spacial score (nSPS) is 10.3. The predicted molar refractivity (Wildman–Crippen MR) is 76.6 cm³/mol. The molecule has 0 saturated carbocycles. The van der Waals surface area contributed by atoms with E-state index in [4.69, 9.17) is 0 Å². The van der Waals surface area contributed by atoms with Crippen molar-refractivity contribution in [1.82, 2.24) is 5.32 Å². The first-order chi connectivity index (χ1) is 10.0. The van der Waals surface area contributed by atoms with Crippen molar-refractivity contribution in [2.75, 3.05) is 18.5 Å². The Morgan fingerprint density at radius 1 is 1.29 bits per heavy atom. The molecule has 1 rings (SSSR count). The Balaban J connectivity index is 2.32. The van der Waals surface area contributed by atoms with Gasteiger partial charge in [0.25, 0.3) is 5.76 Å². The molecule has 5 nitrogen and oxygen atoms in total. The van der Waals surface area contributed by atoms with E-state index in [0.29, 0.717) is 22.3 Å². The monoisotopic (exact) mass is 318 g/mol. The molecule has 21 heavy (non-hydrogen) atoms. The molecule has 8 heteroatoms. The van der Waals surface area contributed by atoms with Crippen LogP contribution in [0.1, 0.15) is 13.3 Å². The van der Waals surface area contributed by atoms with Gasteiger partial charge in [0.1, 0.15) is 0 Å². The first-order valence-electron chi connectivity index (χ1n) is 6.26. The summed E-state index contributed by atoms with van der Waals surface area (Å²) in [4.78, 5) is 23.0. The maximum atomic E-state index is 12.1. The molecule has 0 aliphatic carbocycles. The van der Waals surface area contributed by atoms with E-state index in [-0.39, 0.29) is 25.5 Å². The van der Waals surface area contributed by atoms with E-state index >= 15 is 0 Å². The standard InChI is InChI=1S/C13H16F2N2O3S/c1-2-20-13(19)16-8-7-11(18)17-9-3-5-10(6-4-9)21-12(14)15/h3-6,12H,2,7-8H2,1H3,(H,16,19)(H,17,18). The molecular weight excluding hydrogens is 302 g/mol. The van der Waals surface area contributed by atoms with Gasteiger partial charge in [-0.3, -0.25) is 4.79 Å². The van der Waals surface area contributed by atoms with Gasteiger partial charge in [-0.05, 0) is 31.2 Å². The quantitative estimate of drug-likeness (QED) is 0.758. The highest BCUT2D eigenvalue weighted by Crippen LogP contribution is 2.26. The predicted octanol–water partition coefficient (Wildman–Crippen LogP) is 3.08. The summed E-state index contributed by atoms with van der Waals surface area (Å²) in [6, 6.07) is 6.09. The van der Waals surface area contributed by atoms with Gasteiger partial charge in [-0.25, -0.2) is 4.79 Å². The molecule has 1 aromatic carbocycles. The summed E-state index contributed by atoms with van der Waals surface area (Å²) in [5.41, 5.74) is 0.509. The molecule has 1 aromatic rings. The van der Waals surface area contributed by atoms with E-state index in [0.717, 1.165) is 0 Å². The molecule has 0 saturated heterocycles. The van der Waals surface area contributed by atoms with Gasteiger partial charge in [-0.2, -0.15) is 8.78 Å². The van der Waals surface area contributed by atoms with Crippen LogP contribution < -0.4 is 10.6 Å². The fraction of sp³-hybridized carbons (Fsp3) is 0.385. The van der Waals surface area contributed by atoms with Gasteiger partial charge >= 0.3 is 6.09 Å². The number of benzene rings is 1. The summed E-state index contributed by atoms with van der Waals surface area (Å²) in [5, 5.41) is 5.02. The second kappa shape index (κ2) is 9.17. The summed E-state index contributed by atoms with van der Waals surface area (Å²) in [6.07, 6.45) is -0.481. The lowest BCUT2D eigenvalue weighted by Gasteiger charge is -2.07. The summed E-state index contributed by atoms with van der Waals surface area (Å²) >= 11 is 0.440. The highest BCUT2D eigenvalue weighted by atomic mass is 32.2. The maximum Gasteiger partial charge on any atom is 0.407 e. The van der Waals surface area contributed by atoms with E-state index in [2.05, 4.69) is 15.4 Å². The average Bonchev–Trinajstić information content (AvgIpc) is 2.40. The van der Waals surface area contributed by atoms with Crippen molar-refractivity contribution in [3.05, 3.63) is 24.3 Å². The van der Waals surface area contributed by atoms with Crippen LogP contribution >= 0.6 is 11.8 Å². The minimum Gasteiger partial charge on any atom is -0.450 e. The van der Waals surface area contributed by atoms with Gasteiger partial charge in [0.15, 0.2) is 0 Å². The van der Waals surface area contributed by atoms with Crippen LogP contribution in [0.3, 0.4) is 0 Å². The van der Waals surface area contributed by atoms with Crippen molar-refractivity contribution in [2.24, 2.45) is 0 Å². The van der Waals surface area contributed by atoms with Gasteiger partial charge < -0.3 is 15.4 Å². The van der Waals surface area contributed by atoms with Crippen LogP contribution in [-0.4, -0.2) is 30.9 Å². The Hall–Kier alpha value is -1.83. The lowest BCUT2D eigenvalue weighted by Crippen LogP contribution is -2.28. The second-order valence-electron chi connectivity index (χ2n) is 3.85. The van der Waals surface area contributed by atoms with Gasteiger partial charge in [-0.1, -0.05) is 11.8 Å². The highest BCUT2D eigenvalue weighted by molar-refractivity contribution is 7.99. The molecule has 0 aliphatic heterocycles. The number of carbonyl (C=O) groups is 2. The van der Waals surface area contributed by atoms with Gasteiger partial charge in [0.2, 0.25) is 5.91 Å². The van der Waals surface area contributed by atoms with E-state index in [1.165, 1.54) is 12.1 Å². The third-order valence-corrected chi connectivity index (χ3v) is 2.98. The number of carbonyl (C=O) groups excluding carboxylic acids is 2. The van der Waals surface area contributed by atoms with Gasteiger partial charge in [0, 0.05) is 23.5 Å². The first-order valence-corrected chi connectivity index (χ1v) is 7.14. The highest BCUT2D eigenvalue weighted by Gasteiger charge is 2.07. The first kappa shape index (κ1) is 17.2. The van der Waals surface area contributed by atoms with E-state index in [1.54, 1.807) is 19.1 Å². The molecule has 0 bridgehead atoms. The summed E-state index contributed by atoms with van der Waals surface area (Å²) in [6.45, 7) is 2.10. The maximum absolute atomic E-state index is 12.1. The van der Waals surface area contributed by atoms with Crippen LogP contribution in [0.25, 0.3) is 0 Å². The molecule has 0 spiro atoms. The largest absolute Gasteiger partial charge is 0.450 e. The fourth-order valence-corrected chi connectivity index (χ4v) is 1.90. The number of amides is 2. The third kappa shape index (κ3) is 7.50. The minimum absolute atomic E-state index is 0.0896. The Morgan fingerprint density at radius 2 is 1.95 bits per heavy atom. The zero-order chi connectivity index (χ0) is 15.7. The number of nitrogens with one attached hydrogen (secondary N) is 2. The molecule has 0 atom stereocenters. The van der Waals surface area contributed by atoms with Crippen molar-refractivity contribution in [1.29, 1.82) is 0 Å². The van der Waals surface area contributed by atoms with Crippen molar-refractivity contribution in [2.45, 2.75) is 24.0 Å². The van der Waals surface area contributed by atoms with Gasteiger partial charge in [0.05, 0.1) is 6.61 Å². The van der Waals surface area contributed by atoms with Crippen molar-refractivity contribution < 1.29 is 23.1 Å². The van der Waals surface area contributed by atoms with Crippen LogP contribution in [-0.2, 0) is 9.53 Å². The van der Waals surface area contributed by atoms with Crippen molar-refractivity contribution >= 4 is 29.4 Å². The number of rotatable bonds is 7. The van der Waals surface area contributed by atoms with Crippen LogP contribution in [0.5, 0.6) is 0 Å². The number of anilines is 1. The van der Waals surface area contributed by atoms with E-state index in [9.17, 15) is 18.4 Å². The fourth-order valence-electron chi connectivity index (χ4n) is 1.40. The number of halogens is 2. The van der Waals surface area contributed by atoms with Gasteiger partial charge in [-0.15, -0.1) is 0 Å². The third-order valence-electron chi connectivity index (χ3n) is 2.26. The number of hydrogen-bond donors (Lipinski definition) is 2. The van der Waals surface area contributed by atoms with E-state index in [1.807, 2.05) is 0 Å². The number of thioether (sulfide) groups is 1. The van der Waals surface area contributed by atoms with Crippen molar-refractivity contribution in [3.8, 4) is 0 Å².